The van der Waals surface area contributed by atoms with Crippen molar-refractivity contribution in [1.82, 2.24) is 25.2 Å². The van der Waals surface area contributed by atoms with Crippen molar-refractivity contribution < 1.29 is 0 Å². The minimum Gasteiger partial charge on any atom is -0.323 e. The molecule has 0 aromatic carbocycles. The fourth-order valence-corrected chi connectivity index (χ4v) is 1.28. The van der Waals surface area contributed by atoms with E-state index in [9.17, 15) is 0 Å². The van der Waals surface area contributed by atoms with Crippen molar-refractivity contribution in [1.29, 1.82) is 0 Å². The summed E-state index contributed by atoms with van der Waals surface area (Å²) in [5.41, 5.74) is 7.74. The van der Waals surface area contributed by atoms with E-state index in [4.69, 9.17) is 5.73 Å². The van der Waals surface area contributed by atoms with E-state index < -0.39 is 0 Å². The highest BCUT2D eigenvalue weighted by Crippen LogP contribution is 2.08. The van der Waals surface area contributed by atoms with E-state index in [1.54, 1.807) is 17.1 Å². The topological polar surface area (TPSA) is 85.4 Å². The third kappa shape index (κ3) is 1.64. The maximum Gasteiger partial charge on any atom is 0.0755 e. The Bertz CT molecular complexity index is 388. The van der Waals surface area contributed by atoms with Crippen LogP contribution >= 0.6 is 0 Å². The zero-order valence-corrected chi connectivity index (χ0v) is 7.88. The van der Waals surface area contributed by atoms with Gasteiger partial charge >= 0.3 is 0 Å². The average Bonchev–Trinajstić information content (AvgIpc) is 2.75. The van der Waals surface area contributed by atoms with Gasteiger partial charge in [0.05, 0.1) is 24.6 Å². The van der Waals surface area contributed by atoms with Gasteiger partial charge in [0.2, 0.25) is 0 Å². The van der Waals surface area contributed by atoms with Crippen LogP contribution in [0.25, 0.3) is 0 Å². The predicted molar refractivity (Wildman–Crippen MR) is 50.3 cm³/mol. The van der Waals surface area contributed by atoms with Crippen LogP contribution in [0, 0.1) is 0 Å². The minimum absolute atomic E-state index is 0.0584. The molecule has 0 aliphatic heterocycles. The van der Waals surface area contributed by atoms with Crippen LogP contribution in [0.1, 0.15) is 24.2 Å². The first-order chi connectivity index (χ1) is 6.77. The third-order valence-corrected chi connectivity index (χ3v) is 2.00. The lowest BCUT2D eigenvalue weighted by Gasteiger charge is -2.06. The van der Waals surface area contributed by atoms with Gasteiger partial charge in [0.25, 0.3) is 0 Å². The SMILES string of the molecule is C[C@H](N)c1cnnn1Cc1cn[nH]c1. The minimum atomic E-state index is -0.0584. The molecule has 6 nitrogen and oxygen atoms in total. The largest absolute Gasteiger partial charge is 0.323 e. The molecule has 3 N–H and O–H groups in total. The Morgan fingerprint density at radius 2 is 2.43 bits per heavy atom. The van der Waals surface area contributed by atoms with Crippen molar-refractivity contribution in [3.05, 3.63) is 29.8 Å². The van der Waals surface area contributed by atoms with Crippen molar-refractivity contribution in [2.45, 2.75) is 19.5 Å². The van der Waals surface area contributed by atoms with E-state index >= 15 is 0 Å². The van der Waals surface area contributed by atoms with Crippen LogP contribution in [0.3, 0.4) is 0 Å². The standard InChI is InChI=1S/C8H12N6/c1-6(9)8-4-12-13-14(8)5-7-2-10-11-3-7/h2-4,6H,5,9H2,1H3,(H,10,11)/t6-/m0/s1. The Balaban J connectivity index is 2.21. The summed E-state index contributed by atoms with van der Waals surface area (Å²) in [5, 5.41) is 14.4. The molecule has 1 atom stereocenters. The van der Waals surface area contributed by atoms with Gasteiger partial charge in [-0.3, -0.25) is 5.10 Å². The second-order valence-corrected chi connectivity index (χ2v) is 3.21. The van der Waals surface area contributed by atoms with Crippen LogP contribution in [-0.4, -0.2) is 25.2 Å². The Hall–Kier alpha value is -1.69. The van der Waals surface area contributed by atoms with Crippen LogP contribution in [0.5, 0.6) is 0 Å². The summed E-state index contributed by atoms with van der Waals surface area (Å²) < 4.78 is 1.77. The summed E-state index contributed by atoms with van der Waals surface area (Å²) in [6.07, 6.45) is 5.27. The second-order valence-electron chi connectivity index (χ2n) is 3.21. The summed E-state index contributed by atoms with van der Waals surface area (Å²) >= 11 is 0. The molecule has 74 valence electrons. The van der Waals surface area contributed by atoms with E-state index in [0.29, 0.717) is 6.54 Å². The molecular weight excluding hydrogens is 180 g/mol. The summed E-state index contributed by atoms with van der Waals surface area (Å²) in [5.74, 6) is 0. The fraction of sp³-hybridized carbons (Fsp3) is 0.375. The number of rotatable bonds is 3. The zero-order valence-electron chi connectivity index (χ0n) is 7.88. The van der Waals surface area contributed by atoms with Crippen LogP contribution < -0.4 is 5.73 Å². The number of aromatic amines is 1. The number of nitrogens with zero attached hydrogens (tertiary/aromatic N) is 4. The van der Waals surface area contributed by atoms with Crippen LogP contribution in [0.2, 0.25) is 0 Å². The Labute approximate surface area is 81.1 Å². The normalized spacial score (nSPS) is 13.0. The second kappa shape index (κ2) is 3.59. The molecule has 0 aliphatic rings. The highest BCUT2D eigenvalue weighted by molar-refractivity contribution is 5.07. The molecule has 0 saturated heterocycles. The zero-order chi connectivity index (χ0) is 9.97. The first-order valence-corrected chi connectivity index (χ1v) is 4.39. The van der Waals surface area contributed by atoms with Crippen molar-refractivity contribution in [2.75, 3.05) is 0 Å². The van der Waals surface area contributed by atoms with Gasteiger partial charge in [-0.15, -0.1) is 5.10 Å². The van der Waals surface area contributed by atoms with E-state index in [2.05, 4.69) is 20.5 Å². The smallest absolute Gasteiger partial charge is 0.0755 e. The Morgan fingerprint density at radius 3 is 3.07 bits per heavy atom. The van der Waals surface area contributed by atoms with Gasteiger partial charge in [-0.05, 0) is 6.92 Å². The molecule has 0 unspecified atom stereocenters. The fourth-order valence-electron chi connectivity index (χ4n) is 1.28. The highest BCUT2D eigenvalue weighted by atomic mass is 15.4. The molecule has 0 radical (unpaired) electrons. The van der Waals surface area contributed by atoms with Gasteiger partial charge < -0.3 is 5.73 Å². The third-order valence-electron chi connectivity index (χ3n) is 2.00. The van der Waals surface area contributed by atoms with Gasteiger partial charge in [0.15, 0.2) is 0 Å². The van der Waals surface area contributed by atoms with Crippen molar-refractivity contribution >= 4 is 0 Å². The maximum absolute atomic E-state index is 5.76. The van der Waals surface area contributed by atoms with Gasteiger partial charge in [-0.1, -0.05) is 5.21 Å². The average molecular weight is 192 g/mol. The number of nitrogens with two attached hydrogens (primary N) is 1. The number of hydrogen-bond acceptors (Lipinski definition) is 4. The first kappa shape index (κ1) is 8.89. The maximum atomic E-state index is 5.76. The molecule has 0 amide bonds. The molecule has 0 saturated carbocycles. The van der Waals surface area contributed by atoms with Crippen molar-refractivity contribution in [3.8, 4) is 0 Å². The molecule has 2 aromatic heterocycles. The lowest BCUT2D eigenvalue weighted by atomic mass is 10.2. The molecule has 2 aromatic rings. The number of hydrogen-bond donors (Lipinski definition) is 2. The molecule has 14 heavy (non-hydrogen) atoms. The molecule has 0 bridgehead atoms. The van der Waals surface area contributed by atoms with E-state index in [1.165, 1.54) is 0 Å². The highest BCUT2D eigenvalue weighted by Gasteiger charge is 2.08. The number of nitrogens with one attached hydrogen (secondary N) is 1. The number of H-pyrrole nitrogens is 1. The molecule has 0 aliphatic carbocycles. The van der Waals surface area contributed by atoms with E-state index in [-0.39, 0.29) is 6.04 Å². The quantitative estimate of drug-likeness (QED) is 0.720. The summed E-state index contributed by atoms with van der Waals surface area (Å²) in [6.45, 7) is 2.55. The van der Waals surface area contributed by atoms with Crippen molar-refractivity contribution in [2.24, 2.45) is 5.73 Å². The van der Waals surface area contributed by atoms with Crippen LogP contribution in [0.4, 0.5) is 0 Å². The van der Waals surface area contributed by atoms with Crippen molar-refractivity contribution in [3.63, 3.8) is 0 Å². The molecule has 2 heterocycles. The van der Waals surface area contributed by atoms with Gasteiger partial charge in [0.1, 0.15) is 0 Å². The van der Waals surface area contributed by atoms with Gasteiger partial charge in [-0.25, -0.2) is 4.68 Å². The molecule has 6 heteroatoms. The van der Waals surface area contributed by atoms with Gasteiger partial charge in [0, 0.05) is 17.8 Å². The van der Waals surface area contributed by atoms with Crippen LogP contribution in [0.15, 0.2) is 18.6 Å². The predicted octanol–water partition coefficient (Wildman–Crippen LogP) is 0.0692. The summed E-state index contributed by atoms with van der Waals surface area (Å²) in [7, 11) is 0. The van der Waals surface area contributed by atoms with E-state index in [1.807, 2.05) is 13.1 Å². The summed E-state index contributed by atoms with van der Waals surface area (Å²) in [6, 6.07) is -0.0584. The number of aromatic nitrogens is 5. The molecular formula is C8H12N6. The lowest BCUT2D eigenvalue weighted by Crippen LogP contribution is -2.13. The monoisotopic (exact) mass is 192 g/mol. The molecule has 0 fully saturated rings. The Kier molecular flexibility index (Phi) is 2.28. The van der Waals surface area contributed by atoms with E-state index in [0.717, 1.165) is 11.3 Å². The van der Waals surface area contributed by atoms with Crippen LogP contribution in [-0.2, 0) is 6.54 Å². The Morgan fingerprint density at radius 1 is 1.57 bits per heavy atom. The summed E-state index contributed by atoms with van der Waals surface area (Å²) in [4.78, 5) is 0. The first-order valence-electron chi connectivity index (χ1n) is 4.39. The van der Waals surface area contributed by atoms with Gasteiger partial charge in [-0.2, -0.15) is 5.10 Å². The molecule has 0 spiro atoms. The lowest BCUT2D eigenvalue weighted by molar-refractivity contribution is 0.590. The molecule has 2 rings (SSSR count).